The molecule has 0 saturated carbocycles. The second-order valence-corrected chi connectivity index (χ2v) is 4.06. The predicted octanol–water partition coefficient (Wildman–Crippen LogP) is 3.23. The summed E-state index contributed by atoms with van der Waals surface area (Å²) in [6.07, 6.45) is 0. The molecule has 0 amide bonds. The van der Waals surface area contributed by atoms with Crippen LogP contribution in [0.1, 0.15) is 11.3 Å². The monoisotopic (exact) mass is 220 g/mol. The van der Waals surface area contributed by atoms with Crippen LogP contribution in [0, 0.1) is 6.92 Å². The Morgan fingerprint density at radius 3 is 3.20 bits per heavy atom. The van der Waals surface area contributed by atoms with Gasteiger partial charge in [0, 0.05) is 28.4 Å². The van der Waals surface area contributed by atoms with Crippen molar-refractivity contribution < 1.29 is 4.52 Å². The molecule has 1 aromatic carbocycles. The minimum atomic E-state index is 0.706. The van der Waals surface area contributed by atoms with E-state index in [1.807, 2.05) is 25.1 Å². The fourth-order valence-corrected chi connectivity index (χ4v) is 2.02. The van der Waals surface area contributed by atoms with Gasteiger partial charge < -0.3 is 9.84 Å². The summed E-state index contributed by atoms with van der Waals surface area (Å²) in [5.41, 5.74) is 4.08. The third kappa shape index (κ3) is 1.23. The van der Waals surface area contributed by atoms with Crippen LogP contribution in [0.3, 0.4) is 0 Å². The first-order valence-electron chi connectivity index (χ1n) is 4.74. The van der Waals surface area contributed by atoms with E-state index in [-0.39, 0.29) is 0 Å². The van der Waals surface area contributed by atoms with E-state index in [1.54, 1.807) is 0 Å². The van der Waals surface area contributed by atoms with E-state index in [0.29, 0.717) is 5.02 Å². The zero-order chi connectivity index (χ0) is 10.4. The molecule has 76 valence electrons. The molecule has 3 nitrogen and oxygen atoms in total. The molecule has 3 rings (SSSR count). The summed E-state index contributed by atoms with van der Waals surface area (Å²) in [7, 11) is 0. The summed E-state index contributed by atoms with van der Waals surface area (Å²) in [4.78, 5) is 0. The highest BCUT2D eigenvalue weighted by Crippen LogP contribution is 2.38. The second-order valence-electron chi connectivity index (χ2n) is 3.62. The summed E-state index contributed by atoms with van der Waals surface area (Å²) in [6.45, 7) is 2.71. The number of fused-ring (bicyclic) bond motifs is 3. The first-order valence-corrected chi connectivity index (χ1v) is 5.12. The van der Waals surface area contributed by atoms with Gasteiger partial charge in [-0.15, -0.1) is 0 Å². The molecule has 2 heterocycles. The maximum Gasteiger partial charge on any atom is 0.174 e. The van der Waals surface area contributed by atoms with Crippen molar-refractivity contribution in [1.82, 2.24) is 5.16 Å². The van der Waals surface area contributed by atoms with Crippen LogP contribution in [0.15, 0.2) is 22.7 Å². The molecule has 0 spiro atoms. The van der Waals surface area contributed by atoms with Gasteiger partial charge in [0.15, 0.2) is 5.76 Å². The van der Waals surface area contributed by atoms with Crippen molar-refractivity contribution in [2.24, 2.45) is 0 Å². The molecule has 0 saturated heterocycles. The van der Waals surface area contributed by atoms with E-state index in [1.165, 1.54) is 0 Å². The topological polar surface area (TPSA) is 38.1 Å². The first-order chi connectivity index (χ1) is 7.25. The van der Waals surface area contributed by atoms with Gasteiger partial charge in [-0.1, -0.05) is 16.8 Å². The van der Waals surface area contributed by atoms with Gasteiger partial charge in [-0.3, -0.25) is 0 Å². The molecular formula is C11H9ClN2O. The Hall–Kier alpha value is -1.48. The summed E-state index contributed by atoms with van der Waals surface area (Å²) < 4.78 is 5.32. The van der Waals surface area contributed by atoms with E-state index in [2.05, 4.69) is 10.5 Å². The Morgan fingerprint density at radius 2 is 2.33 bits per heavy atom. The molecule has 0 bridgehead atoms. The molecule has 0 radical (unpaired) electrons. The van der Waals surface area contributed by atoms with Crippen LogP contribution in [-0.4, -0.2) is 5.16 Å². The van der Waals surface area contributed by atoms with Gasteiger partial charge in [-0.05, 0) is 25.1 Å². The molecule has 1 aliphatic heterocycles. The van der Waals surface area contributed by atoms with Crippen LogP contribution in [0.2, 0.25) is 5.02 Å². The quantitative estimate of drug-likeness (QED) is 0.741. The van der Waals surface area contributed by atoms with Crippen molar-refractivity contribution in [2.75, 3.05) is 5.32 Å². The summed E-state index contributed by atoms with van der Waals surface area (Å²) in [5, 5.41) is 7.99. The van der Waals surface area contributed by atoms with Crippen LogP contribution >= 0.6 is 11.6 Å². The fraction of sp³-hybridized carbons (Fsp3) is 0.182. The number of aryl methyl sites for hydroxylation is 1. The Balaban J connectivity index is 2.28. The molecule has 1 aromatic heterocycles. The van der Waals surface area contributed by atoms with Gasteiger partial charge >= 0.3 is 0 Å². The average molecular weight is 221 g/mol. The third-order valence-corrected chi connectivity index (χ3v) is 2.90. The van der Waals surface area contributed by atoms with Crippen molar-refractivity contribution in [1.29, 1.82) is 0 Å². The number of benzene rings is 1. The molecule has 0 atom stereocenters. The van der Waals surface area contributed by atoms with Crippen LogP contribution in [0.5, 0.6) is 0 Å². The Labute approximate surface area is 92.0 Å². The molecular weight excluding hydrogens is 212 g/mol. The minimum absolute atomic E-state index is 0.706. The number of hydrogen-bond donors (Lipinski definition) is 1. The zero-order valence-corrected chi connectivity index (χ0v) is 8.93. The molecule has 0 aliphatic carbocycles. The number of halogens is 1. The molecule has 4 heteroatoms. The lowest BCUT2D eigenvalue weighted by molar-refractivity contribution is 0.426. The molecule has 15 heavy (non-hydrogen) atoms. The van der Waals surface area contributed by atoms with Gasteiger partial charge in [0.25, 0.3) is 0 Å². The van der Waals surface area contributed by atoms with Crippen LogP contribution < -0.4 is 5.32 Å². The normalized spacial score (nSPS) is 12.9. The van der Waals surface area contributed by atoms with E-state index in [9.17, 15) is 0 Å². The Morgan fingerprint density at radius 1 is 1.47 bits per heavy atom. The molecule has 1 N–H and O–H groups in total. The maximum absolute atomic E-state index is 5.96. The predicted molar refractivity (Wildman–Crippen MR) is 59.0 cm³/mol. The highest BCUT2D eigenvalue weighted by atomic mass is 35.5. The van der Waals surface area contributed by atoms with Gasteiger partial charge in [0.05, 0.1) is 5.69 Å². The van der Waals surface area contributed by atoms with Gasteiger partial charge in [0.2, 0.25) is 0 Å². The largest absolute Gasteiger partial charge is 0.380 e. The highest BCUT2D eigenvalue weighted by Gasteiger charge is 2.22. The second kappa shape index (κ2) is 3.00. The highest BCUT2D eigenvalue weighted by molar-refractivity contribution is 6.31. The number of hydrogen-bond acceptors (Lipinski definition) is 3. The number of anilines is 1. The van der Waals surface area contributed by atoms with Crippen molar-refractivity contribution in [3.63, 3.8) is 0 Å². The van der Waals surface area contributed by atoms with Crippen molar-refractivity contribution in [2.45, 2.75) is 13.5 Å². The van der Waals surface area contributed by atoms with Crippen molar-refractivity contribution >= 4 is 17.3 Å². The summed E-state index contributed by atoms with van der Waals surface area (Å²) >= 11 is 5.96. The Bertz CT molecular complexity index is 533. The van der Waals surface area contributed by atoms with Crippen molar-refractivity contribution in [3.8, 4) is 11.3 Å². The number of nitrogens with one attached hydrogen (secondary N) is 1. The zero-order valence-electron chi connectivity index (χ0n) is 8.17. The summed E-state index contributed by atoms with van der Waals surface area (Å²) in [6, 6.07) is 5.71. The molecule has 1 aliphatic rings. The van der Waals surface area contributed by atoms with Crippen molar-refractivity contribution in [3.05, 3.63) is 34.5 Å². The third-order valence-electron chi connectivity index (χ3n) is 2.67. The minimum Gasteiger partial charge on any atom is -0.380 e. The number of nitrogens with zero attached hydrogens (tertiary/aromatic N) is 1. The standard InChI is InChI=1S/C11H9ClN2O/c1-6-9-5-13-10-3-2-7(12)4-8(10)11(9)15-14-6/h2-4,13H,5H2,1H3. The maximum atomic E-state index is 5.96. The number of rotatable bonds is 0. The van der Waals surface area contributed by atoms with Gasteiger partial charge in [-0.2, -0.15) is 0 Å². The molecule has 0 fully saturated rings. The van der Waals surface area contributed by atoms with E-state index >= 15 is 0 Å². The fourth-order valence-electron chi connectivity index (χ4n) is 1.85. The molecule has 2 aromatic rings. The lowest BCUT2D eigenvalue weighted by Gasteiger charge is -2.16. The smallest absolute Gasteiger partial charge is 0.174 e. The van der Waals surface area contributed by atoms with E-state index in [0.717, 1.165) is 34.8 Å². The Kier molecular flexibility index (Phi) is 1.76. The number of aromatic nitrogens is 1. The van der Waals surface area contributed by atoms with Crippen LogP contribution in [-0.2, 0) is 6.54 Å². The lowest BCUT2D eigenvalue weighted by Crippen LogP contribution is -2.07. The lowest BCUT2D eigenvalue weighted by atomic mass is 10.0. The van der Waals surface area contributed by atoms with Gasteiger partial charge in [0.1, 0.15) is 0 Å². The van der Waals surface area contributed by atoms with Crippen LogP contribution in [0.25, 0.3) is 11.3 Å². The van der Waals surface area contributed by atoms with Gasteiger partial charge in [-0.25, -0.2) is 0 Å². The SMILES string of the molecule is Cc1noc2c1CNc1ccc(Cl)cc1-2. The first kappa shape index (κ1) is 8.80. The summed E-state index contributed by atoms with van der Waals surface area (Å²) in [5.74, 6) is 0.837. The van der Waals surface area contributed by atoms with E-state index in [4.69, 9.17) is 16.1 Å². The molecule has 0 unspecified atom stereocenters. The van der Waals surface area contributed by atoms with Crippen LogP contribution in [0.4, 0.5) is 5.69 Å². The average Bonchev–Trinajstić information content (AvgIpc) is 2.61. The van der Waals surface area contributed by atoms with E-state index < -0.39 is 0 Å².